The highest BCUT2D eigenvalue weighted by Crippen LogP contribution is 2.20. The second-order valence-corrected chi connectivity index (χ2v) is 5.43. The van der Waals surface area contributed by atoms with E-state index in [2.05, 4.69) is 20.5 Å². The first kappa shape index (κ1) is 15.2. The lowest BCUT2D eigenvalue weighted by Crippen LogP contribution is -2.17. The average Bonchev–Trinajstić information content (AvgIpc) is 3.00. The number of halogens is 1. The van der Waals surface area contributed by atoms with Gasteiger partial charge in [-0.1, -0.05) is 29.8 Å². The number of para-hydroxylation sites is 1. The van der Waals surface area contributed by atoms with E-state index in [0.717, 1.165) is 5.69 Å². The van der Waals surface area contributed by atoms with E-state index in [4.69, 9.17) is 11.6 Å². The molecular formula is C15H15ClN6O. The molecule has 0 saturated heterocycles. The quantitative estimate of drug-likeness (QED) is 0.800. The van der Waals surface area contributed by atoms with Gasteiger partial charge in [0.15, 0.2) is 0 Å². The van der Waals surface area contributed by atoms with Gasteiger partial charge in [-0.3, -0.25) is 14.8 Å². The Labute approximate surface area is 137 Å². The van der Waals surface area contributed by atoms with Crippen molar-refractivity contribution in [1.82, 2.24) is 24.5 Å². The number of rotatable bonds is 3. The largest absolute Gasteiger partial charge is 0.288 e. The molecule has 0 radical (unpaired) electrons. The summed E-state index contributed by atoms with van der Waals surface area (Å²) < 4.78 is 3.10. The van der Waals surface area contributed by atoms with Crippen LogP contribution in [0.15, 0.2) is 30.3 Å². The molecule has 0 bridgehead atoms. The van der Waals surface area contributed by atoms with Crippen molar-refractivity contribution in [1.29, 1.82) is 0 Å². The van der Waals surface area contributed by atoms with Crippen LogP contribution in [-0.4, -0.2) is 30.5 Å². The topological polar surface area (TPSA) is 77.6 Å². The van der Waals surface area contributed by atoms with Gasteiger partial charge < -0.3 is 0 Å². The Hall–Kier alpha value is -2.67. The number of benzene rings is 1. The summed E-state index contributed by atoms with van der Waals surface area (Å²) in [7, 11) is 1.66. The fourth-order valence-corrected chi connectivity index (χ4v) is 2.54. The second kappa shape index (κ2) is 5.85. The predicted octanol–water partition coefficient (Wildman–Crippen LogP) is 2.52. The molecule has 0 aliphatic heterocycles. The lowest BCUT2D eigenvalue weighted by Gasteiger charge is -2.02. The van der Waals surface area contributed by atoms with Crippen molar-refractivity contribution < 1.29 is 4.79 Å². The number of aromatic nitrogens is 5. The molecule has 1 N–H and O–H groups in total. The molecule has 118 valence electrons. The first-order chi connectivity index (χ1) is 11.0. The molecule has 0 unspecified atom stereocenters. The summed E-state index contributed by atoms with van der Waals surface area (Å²) in [5.41, 5.74) is 1.74. The number of aryl methyl sites for hydroxylation is 3. The summed E-state index contributed by atoms with van der Waals surface area (Å²) in [6, 6.07) is 9.56. The van der Waals surface area contributed by atoms with Gasteiger partial charge in [-0.25, -0.2) is 4.68 Å². The number of nitrogens with zero attached hydrogens (tertiary/aromatic N) is 5. The summed E-state index contributed by atoms with van der Waals surface area (Å²) in [4.78, 5) is 16.6. The minimum Gasteiger partial charge on any atom is -0.288 e. The predicted molar refractivity (Wildman–Crippen MR) is 87.0 cm³/mol. The molecule has 0 aliphatic rings. The van der Waals surface area contributed by atoms with Crippen LogP contribution < -0.4 is 5.32 Å². The number of amides is 1. The number of carbonyl (C=O) groups is 1. The molecule has 0 atom stereocenters. The van der Waals surface area contributed by atoms with Crippen LogP contribution in [-0.2, 0) is 7.05 Å². The van der Waals surface area contributed by atoms with Gasteiger partial charge in [0, 0.05) is 7.05 Å². The van der Waals surface area contributed by atoms with Crippen LogP contribution in [0.5, 0.6) is 0 Å². The summed E-state index contributed by atoms with van der Waals surface area (Å²) >= 11 is 6.12. The fourth-order valence-electron chi connectivity index (χ4n) is 2.30. The number of nitrogens with one attached hydrogen (secondary N) is 1. The highest BCUT2D eigenvalue weighted by Gasteiger charge is 2.20. The number of carbonyl (C=O) groups excluding carboxylic acids is 1. The number of anilines is 1. The van der Waals surface area contributed by atoms with Gasteiger partial charge in [0.05, 0.1) is 16.4 Å². The Morgan fingerprint density at radius 1 is 1.17 bits per heavy atom. The molecule has 1 aromatic carbocycles. The molecule has 0 fully saturated rings. The van der Waals surface area contributed by atoms with E-state index in [1.54, 1.807) is 18.7 Å². The van der Waals surface area contributed by atoms with E-state index < -0.39 is 5.91 Å². The molecule has 7 nitrogen and oxygen atoms in total. The van der Waals surface area contributed by atoms with Gasteiger partial charge in [-0.2, -0.15) is 10.1 Å². The minimum absolute atomic E-state index is 0.214. The molecule has 2 aromatic heterocycles. The molecule has 23 heavy (non-hydrogen) atoms. The molecule has 0 spiro atoms. The fraction of sp³-hybridized carbons (Fsp3) is 0.200. The summed E-state index contributed by atoms with van der Waals surface area (Å²) in [6.07, 6.45) is 0. The molecule has 0 aliphatic carbocycles. The van der Waals surface area contributed by atoms with Gasteiger partial charge in [0.1, 0.15) is 11.5 Å². The molecule has 3 aromatic rings. The lowest BCUT2D eigenvalue weighted by molar-refractivity contribution is 0.101. The first-order valence-electron chi connectivity index (χ1n) is 6.97. The average molecular weight is 331 g/mol. The zero-order valence-electron chi connectivity index (χ0n) is 12.9. The van der Waals surface area contributed by atoms with E-state index >= 15 is 0 Å². The van der Waals surface area contributed by atoms with Gasteiger partial charge in [0.2, 0.25) is 5.95 Å². The summed E-state index contributed by atoms with van der Waals surface area (Å²) in [6.45, 7) is 3.56. The second-order valence-electron chi connectivity index (χ2n) is 5.06. The Morgan fingerprint density at radius 2 is 1.87 bits per heavy atom. The van der Waals surface area contributed by atoms with E-state index in [0.29, 0.717) is 16.5 Å². The Balaban J connectivity index is 1.88. The highest BCUT2D eigenvalue weighted by molar-refractivity contribution is 6.34. The molecule has 3 rings (SSSR count). The van der Waals surface area contributed by atoms with Crippen molar-refractivity contribution in [2.45, 2.75) is 13.8 Å². The highest BCUT2D eigenvalue weighted by atomic mass is 35.5. The third-order valence-electron chi connectivity index (χ3n) is 3.36. The van der Waals surface area contributed by atoms with Crippen LogP contribution >= 0.6 is 11.6 Å². The third-order valence-corrected chi connectivity index (χ3v) is 3.81. The van der Waals surface area contributed by atoms with Crippen LogP contribution in [0.1, 0.15) is 22.0 Å². The Kier molecular flexibility index (Phi) is 3.87. The van der Waals surface area contributed by atoms with Crippen LogP contribution in [0.2, 0.25) is 5.02 Å². The van der Waals surface area contributed by atoms with E-state index in [1.807, 2.05) is 37.3 Å². The molecule has 1 amide bonds. The normalized spacial score (nSPS) is 10.8. The summed E-state index contributed by atoms with van der Waals surface area (Å²) in [5, 5.41) is 11.4. The number of hydrogen-bond acceptors (Lipinski definition) is 4. The minimum atomic E-state index is -0.400. The maximum atomic E-state index is 12.4. The van der Waals surface area contributed by atoms with E-state index in [-0.39, 0.29) is 11.6 Å². The lowest BCUT2D eigenvalue weighted by atomic mass is 10.3. The van der Waals surface area contributed by atoms with Gasteiger partial charge in [-0.05, 0) is 26.0 Å². The monoisotopic (exact) mass is 330 g/mol. The SMILES string of the molecule is Cc1nn(C)c(C(=O)Nc2nc(C)n(-c3ccccc3)n2)c1Cl. The molecule has 8 heteroatoms. The first-order valence-corrected chi connectivity index (χ1v) is 7.34. The molecular weight excluding hydrogens is 316 g/mol. The van der Waals surface area contributed by atoms with Crippen molar-refractivity contribution in [3.8, 4) is 5.69 Å². The standard InChI is InChI=1S/C15H15ClN6O/c1-9-12(16)13(21(3)19-9)14(23)18-15-17-10(2)22(20-15)11-7-5-4-6-8-11/h4-8H,1-3H3,(H,18,20,23). The van der Waals surface area contributed by atoms with E-state index in [9.17, 15) is 4.79 Å². The van der Waals surface area contributed by atoms with Crippen molar-refractivity contribution in [2.75, 3.05) is 5.32 Å². The Morgan fingerprint density at radius 3 is 2.48 bits per heavy atom. The zero-order valence-corrected chi connectivity index (χ0v) is 13.7. The van der Waals surface area contributed by atoms with Crippen LogP contribution in [0.3, 0.4) is 0 Å². The maximum absolute atomic E-state index is 12.4. The molecule has 0 saturated carbocycles. The third kappa shape index (κ3) is 2.83. The zero-order chi connectivity index (χ0) is 16.6. The van der Waals surface area contributed by atoms with Crippen LogP contribution in [0.25, 0.3) is 5.69 Å². The van der Waals surface area contributed by atoms with E-state index in [1.165, 1.54) is 4.68 Å². The maximum Gasteiger partial charge on any atom is 0.277 e. The molecule has 2 heterocycles. The van der Waals surface area contributed by atoms with Gasteiger partial charge in [0.25, 0.3) is 5.91 Å². The van der Waals surface area contributed by atoms with Crippen molar-refractivity contribution in [2.24, 2.45) is 7.05 Å². The van der Waals surface area contributed by atoms with Crippen LogP contribution in [0, 0.1) is 13.8 Å². The van der Waals surface area contributed by atoms with Gasteiger partial charge >= 0.3 is 0 Å². The van der Waals surface area contributed by atoms with Gasteiger partial charge in [-0.15, -0.1) is 5.10 Å². The van der Waals surface area contributed by atoms with Crippen molar-refractivity contribution in [3.63, 3.8) is 0 Å². The van der Waals surface area contributed by atoms with Crippen molar-refractivity contribution >= 4 is 23.5 Å². The smallest absolute Gasteiger partial charge is 0.277 e. The number of hydrogen-bond donors (Lipinski definition) is 1. The summed E-state index contributed by atoms with van der Waals surface area (Å²) in [5.74, 6) is 0.480. The van der Waals surface area contributed by atoms with Crippen LogP contribution in [0.4, 0.5) is 5.95 Å². The Bertz CT molecular complexity index is 868. The van der Waals surface area contributed by atoms with Crippen molar-refractivity contribution in [3.05, 3.63) is 52.6 Å².